The monoisotopic (exact) mass is 399 g/mol. The highest BCUT2D eigenvalue weighted by molar-refractivity contribution is 6.09. The number of furan rings is 1. The van der Waals surface area contributed by atoms with E-state index in [-0.39, 0.29) is 30.2 Å². The van der Waals surface area contributed by atoms with Crippen molar-refractivity contribution in [3.05, 3.63) is 59.3 Å². The first-order valence-electron chi connectivity index (χ1n) is 9.39. The van der Waals surface area contributed by atoms with E-state index in [1.54, 1.807) is 30.3 Å². The van der Waals surface area contributed by atoms with Crippen molar-refractivity contribution >= 4 is 11.7 Å². The Labute approximate surface area is 169 Å². The Hall–Kier alpha value is -3.22. The second kappa shape index (κ2) is 8.43. The lowest BCUT2D eigenvalue weighted by Crippen LogP contribution is -2.30. The van der Waals surface area contributed by atoms with Crippen LogP contribution in [0, 0.1) is 5.92 Å². The zero-order valence-electron chi connectivity index (χ0n) is 17.0. The number of amides is 1. The van der Waals surface area contributed by atoms with Gasteiger partial charge in [0.15, 0.2) is 23.0 Å². The lowest BCUT2D eigenvalue weighted by molar-refractivity contribution is -0.130. The zero-order chi connectivity index (χ0) is 21.1. The molecule has 7 nitrogen and oxygen atoms in total. The maximum Gasteiger partial charge on any atom is 0.290 e. The van der Waals surface area contributed by atoms with E-state index in [1.807, 2.05) is 13.8 Å². The minimum absolute atomic E-state index is 0.0862. The summed E-state index contributed by atoms with van der Waals surface area (Å²) in [5.41, 5.74) is 0.737. The van der Waals surface area contributed by atoms with Crippen molar-refractivity contribution in [1.29, 1.82) is 0 Å². The number of aliphatic hydroxyl groups is 1. The molecule has 2 aromatic rings. The minimum Gasteiger partial charge on any atom is -0.503 e. The van der Waals surface area contributed by atoms with Gasteiger partial charge >= 0.3 is 0 Å². The number of rotatable bonds is 8. The molecular formula is C22H25NO6. The number of ketones is 1. The highest BCUT2D eigenvalue weighted by atomic mass is 16.5. The summed E-state index contributed by atoms with van der Waals surface area (Å²) < 4.78 is 16.0. The number of ether oxygens (including phenoxy) is 2. The standard InChI is InChI=1S/C22H25NO6/c1-13(2)10-16(24)19-20(14-7-8-17(27-3)18(11-14)28-4)23(22(26)21(19)25)12-15-6-5-9-29-15/h5-9,11,13,20,25H,10,12H2,1-4H3. The van der Waals surface area contributed by atoms with Crippen molar-refractivity contribution in [2.24, 2.45) is 5.92 Å². The molecule has 154 valence electrons. The van der Waals surface area contributed by atoms with Crippen LogP contribution in [0.1, 0.15) is 37.6 Å². The number of nitrogens with zero attached hydrogens (tertiary/aromatic N) is 1. The van der Waals surface area contributed by atoms with Gasteiger partial charge < -0.3 is 23.9 Å². The van der Waals surface area contributed by atoms with E-state index < -0.39 is 17.7 Å². The summed E-state index contributed by atoms with van der Waals surface area (Å²) in [5, 5.41) is 10.6. The highest BCUT2D eigenvalue weighted by Gasteiger charge is 2.43. The Balaban J connectivity index is 2.09. The Morgan fingerprint density at radius 2 is 1.93 bits per heavy atom. The second-order valence-corrected chi connectivity index (χ2v) is 7.31. The van der Waals surface area contributed by atoms with Gasteiger partial charge in [0.1, 0.15) is 5.76 Å². The summed E-state index contributed by atoms with van der Waals surface area (Å²) in [5.74, 6) is 0.263. The van der Waals surface area contributed by atoms with E-state index >= 15 is 0 Å². The first-order chi connectivity index (χ1) is 13.9. The van der Waals surface area contributed by atoms with Gasteiger partial charge in [-0.15, -0.1) is 0 Å². The predicted molar refractivity (Wildman–Crippen MR) is 106 cm³/mol. The smallest absolute Gasteiger partial charge is 0.290 e. The summed E-state index contributed by atoms with van der Waals surface area (Å²) in [6, 6.07) is 7.90. The average Bonchev–Trinajstić information content (AvgIpc) is 3.29. The fraction of sp³-hybridized carbons (Fsp3) is 0.364. The van der Waals surface area contributed by atoms with Crippen LogP contribution in [-0.4, -0.2) is 35.9 Å². The van der Waals surface area contributed by atoms with Crippen molar-refractivity contribution in [2.45, 2.75) is 32.9 Å². The van der Waals surface area contributed by atoms with Crippen LogP contribution >= 0.6 is 0 Å². The molecular weight excluding hydrogens is 374 g/mol. The van der Waals surface area contributed by atoms with Gasteiger partial charge in [0, 0.05) is 6.42 Å². The maximum absolute atomic E-state index is 12.9. The first-order valence-corrected chi connectivity index (χ1v) is 9.39. The number of hydrogen-bond acceptors (Lipinski definition) is 6. The number of carbonyl (C=O) groups is 2. The van der Waals surface area contributed by atoms with Crippen molar-refractivity contribution in [2.75, 3.05) is 14.2 Å². The van der Waals surface area contributed by atoms with Gasteiger partial charge in [0.2, 0.25) is 0 Å². The molecule has 1 atom stereocenters. The van der Waals surface area contributed by atoms with Gasteiger partial charge in [-0.05, 0) is 35.7 Å². The van der Waals surface area contributed by atoms with E-state index in [1.165, 1.54) is 25.4 Å². The fourth-order valence-corrected chi connectivity index (χ4v) is 3.52. The van der Waals surface area contributed by atoms with Crippen molar-refractivity contribution < 1.29 is 28.6 Å². The topological polar surface area (TPSA) is 89.2 Å². The summed E-state index contributed by atoms with van der Waals surface area (Å²) in [4.78, 5) is 27.2. The molecule has 0 spiro atoms. The number of aliphatic hydroxyl groups excluding tert-OH is 1. The van der Waals surface area contributed by atoms with E-state index in [4.69, 9.17) is 13.9 Å². The lowest BCUT2D eigenvalue weighted by Gasteiger charge is -2.26. The van der Waals surface area contributed by atoms with Crippen LogP contribution in [0.5, 0.6) is 11.5 Å². The lowest BCUT2D eigenvalue weighted by atomic mass is 9.92. The molecule has 0 saturated heterocycles. The molecule has 29 heavy (non-hydrogen) atoms. The van der Waals surface area contributed by atoms with Crippen molar-refractivity contribution in [1.82, 2.24) is 4.90 Å². The highest BCUT2D eigenvalue weighted by Crippen LogP contribution is 2.42. The Morgan fingerprint density at radius 3 is 2.52 bits per heavy atom. The van der Waals surface area contributed by atoms with Crippen LogP contribution < -0.4 is 9.47 Å². The molecule has 0 bridgehead atoms. The summed E-state index contributed by atoms with van der Waals surface area (Å²) in [6.45, 7) is 3.95. The third-order valence-electron chi connectivity index (χ3n) is 4.83. The molecule has 0 aliphatic carbocycles. The van der Waals surface area contributed by atoms with Crippen LogP contribution in [0.4, 0.5) is 0 Å². The van der Waals surface area contributed by atoms with Crippen LogP contribution in [0.15, 0.2) is 52.3 Å². The molecule has 3 rings (SSSR count). The minimum atomic E-state index is -0.751. The molecule has 0 fully saturated rings. The van der Waals surface area contributed by atoms with Crippen molar-refractivity contribution in [3.63, 3.8) is 0 Å². The third-order valence-corrected chi connectivity index (χ3v) is 4.83. The number of Topliss-reactive ketones (excluding diaryl/α,β-unsaturated/α-hetero) is 1. The Kier molecular flexibility index (Phi) is 5.96. The molecule has 1 amide bonds. The number of benzene rings is 1. The van der Waals surface area contributed by atoms with Gasteiger partial charge in [-0.1, -0.05) is 19.9 Å². The normalized spacial score (nSPS) is 16.7. The van der Waals surface area contributed by atoms with E-state index in [2.05, 4.69) is 0 Å². The van der Waals surface area contributed by atoms with Crippen LogP contribution in [0.25, 0.3) is 0 Å². The second-order valence-electron chi connectivity index (χ2n) is 7.31. The molecule has 0 saturated carbocycles. The molecule has 1 unspecified atom stereocenters. The van der Waals surface area contributed by atoms with E-state index in [0.717, 1.165) is 0 Å². The van der Waals surface area contributed by atoms with Crippen LogP contribution in [-0.2, 0) is 16.1 Å². The quantitative estimate of drug-likeness (QED) is 0.726. The van der Waals surface area contributed by atoms with Gasteiger partial charge in [-0.3, -0.25) is 9.59 Å². The summed E-state index contributed by atoms with van der Waals surface area (Å²) in [7, 11) is 3.04. The molecule has 7 heteroatoms. The van der Waals surface area contributed by atoms with E-state index in [9.17, 15) is 14.7 Å². The van der Waals surface area contributed by atoms with E-state index in [0.29, 0.717) is 22.8 Å². The molecule has 0 radical (unpaired) electrons. The Bertz CT molecular complexity index is 929. The molecule has 1 aromatic carbocycles. The van der Waals surface area contributed by atoms with Gasteiger partial charge in [0.05, 0.1) is 38.6 Å². The average molecular weight is 399 g/mol. The predicted octanol–water partition coefficient (Wildman–Crippen LogP) is 3.81. The molecule has 1 aliphatic heterocycles. The first kappa shape index (κ1) is 20.5. The third kappa shape index (κ3) is 3.99. The largest absolute Gasteiger partial charge is 0.503 e. The van der Waals surface area contributed by atoms with Crippen LogP contribution in [0.3, 0.4) is 0 Å². The van der Waals surface area contributed by atoms with Gasteiger partial charge in [0.25, 0.3) is 5.91 Å². The van der Waals surface area contributed by atoms with Gasteiger partial charge in [-0.25, -0.2) is 0 Å². The SMILES string of the molecule is COc1ccc(C2C(C(=O)CC(C)C)=C(O)C(=O)N2Cc2ccco2)cc1OC. The molecule has 1 aromatic heterocycles. The summed E-state index contributed by atoms with van der Waals surface area (Å²) >= 11 is 0. The van der Waals surface area contributed by atoms with Gasteiger partial charge in [-0.2, -0.15) is 0 Å². The molecule has 1 N–H and O–H groups in total. The van der Waals surface area contributed by atoms with Crippen molar-refractivity contribution in [3.8, 4) is 11.5 Å². The van der Waals surface area contributed by atoms with Crippen LogP contribution in [0.2, 0.25) is 0 Å². The fourth-order valence-electron chi connectivity index (χ4n) is 3.52. The number of carbonyl (C=O) groups excluding carboxylic acids is 2. The maximum atomic E-state index is 12.9. The number of methoxy groups -OCH3 is 2. The zero-order valence-corrected chi connectivity index (χ0v) is 17.0. The summed E-state index contributed by atoms with van der Waals surface area (Å²) in [6.07, 6.45) is 1.74. The number of hydrogen-bond donors (Lipinski definition) is 1. The molecule has 2 heterocycles. The Morgan fingerprint density at radius 1 is 1.21 bits per heavy atom. The molecule has 1 aliphatic rings.